The molecular formula is C18H36N4O4. The molecule has 0 radical (unpaired) electrons. The van der Waals surface area contributed by atoms with E-state index in [9.17, 15) is 4.79 Å². The van der Waals surface area contributed by atoms with E-state index in [1.54, 1.807) is 11.9 Å². The Morgan fingerprint density at radius 1 is 1.35 bits per heavy atom. The maximum atomic E-state index is 11.9. The van der Waals surface area contributed by atoms with Crippen LogP contribution in [0.3, 0.4) is 0 Å². The average molecular weight is 373 g/mol. The van der Waals surface area contributed by atoms with E-state index in [2.05, 4.69) is 15.6 Å². The highest BCUT2D eigenvalue weighted by Gasteiger charge is 2.19. The van der Waals surface area contributed by atoms with E-state index < -0.39 is 5.60 Å². The highest BCUT2D eigenvalue weighted by atomic mass is 16.6. The van der Waals surface area contributed by atoms with Gasteiger partial charge in [-0.15, -0.1) is 0 Å². The zero-order valence-corrected chi connectivity index (χ0v) is 17.0. The third-order valence-corrected chi connectivity index (χ3v) is 3.60. The fourth-order valence-corrected chi connectivity index (χ4v) is 2.26. The fraction of sp³-hybridized carbons (Fsp3) is 0.889. The number of rotatable bonds is 9. The lowest BCUT2D eigenvalue weighted by Gasteiger charge is -2.24. The van der Waals surface area contributed by atoms with E-state index in [1.807, 2.05) is 27.7 Å². The van der Waals surface area contributed by atoms with Crippen LogP contribution in [-0.4, -0.2) is 81.7 Å². The number of carbonyl (C=O) groups excluding carboxylic acids is 1. The molecule has 0 aromatic heterocycles. The zero-order chi connectivity index (χ0) is 19.4. The van der Waals surface area contributed by atoms with Crippen LogP contribution in [-0.2, 0) is 14.2 Å². The lowest BCUT2D eigenvalue weighted by Crippen LogP contribution is -2.43. The van der Waals surface area contributed by atoms with Crippen molar-refractivity contribution in [2.24, 2.45) is 4.99 Å². The SMILES string of the molecule is CCNC(=NCCCOC1CCOC1)NCCN(C)C(=O)OC(C)(C)C. The van der Waals surface area contributed by atoms with Crippen molar-refractivity contribution in [2.75, 3.05) is 53.0 Å². The standard InChI is InChI=1S/C18H36N4O4/c1-6-19-16(20-9-7-12-25-15-8-13-24-14-15)21-10-11-22(5)17(23)26-18(2,3)4/h15H,6-14H2,1-5H3,(H2,19,20,21). The van der Waals surface area contributed by atoms with E-state index in [1.165, 1.54) is 0 Å². The van der Waals surface area contributed by atoms with Crippen LogP contribution in [0.1, 0.15) is 40.5 Å². The number of likely N-dealkylation sites (N-methyl/N-ethyl adjacent to an activating group) is 1. The molecule has 1 amide bonds. The second kappa shape index (κ2) is 12.0. The number of nitrogens with one attached hydrogen (secondary N) is 2. The molecule has 0 aromatic rings. The zero-order valence-electron chi connectivity index (χ0n) is 17.0. The number of aliphatic imine (C=N–C) groups is 1. The Kier molecular flexibility index (Phi) is 10.3. The summed E-state index contributed by atoms with van der Waals surface area (Å²) in [5.41, 5.74) is -0.484. The Balaban J connectivity index is 2.22. The smallest absolute Gasteiger partial charge is 0.410 e. The Morgan fingerprint density at radius 2 is 2.12 bits per heavy atom. The molecule has 0 aromatic carbocycles. The summed E-state index contributed by atoms with van der Waals surface area (Å²) in [5, 5.41) is 6.43. The van der Waals surface area contributed by atoms with Crippen molar-refractivity contribution < 1.29 is 19.0 Å². The van der Waals surface area contributed by atoms with Gasteiger partial charge in [-0.05, 0) is 40.5 Å². The van der Waals surface area contributed by atoms with Crippen LogP contribution in [0.15, 0.2) is 4.99 Å². The molecule has 0 spiro atoms. The first-order valence-corrected chi connectivity index (χ1v) is 9.47. The van der Waals surface area contributed by atoms with Gasteiger partial charge >= 0.3 is 6.09 Å². The maximum absolute atomic E-state index is 11.9. The van der Waals surface area contributed by atoms with Crippen molar-refractivity contribution in [3.63, 3.8) is 0 Å². The minimum absolute atomic E-state index is 0.244. The van der Waals surface area contributed by atoms with Gasteiger partial charge in [0.15, 0.2) is 5.96 Å². The first kappa shape index (κ1) is 22.5. The van der Waals surface area contributed by atoms with Crippen LogP contribution >= 0.6 is 0 Å². The molecule has 8 heteroatoms. The molecule has 26 heavy (non-hydrogen) atoms. The van der Waals surface area contributed by atoms with Gasteiger partial charge in [0.1, 0.15) is 5.60 Å². The third kappa shape index (κ3) is 10.5. The van der Waals surface area contributed by atoms with Gasteiger partial charge < -0.3 is 29.7 Å². The van der Waals surface area contributed by atoms with Crippen molar-refractivity contribution in [2.45, 2.75) is 52.2 Å². The normalized spacial score (nSPS) is 17.9. The van der Waals surface area contributed by atoms with Gasteiger partial charge in [-0.1, -0.05) is 0 Å². The molecule has 8 nitrogen and oxygen atoms in total. The van der Waals surface area contributed by atoms with Gasteiger partial charge in [0.2, 0.25) is 0 Å². The molecule has 0 bridgehead atoms. The van der Waals surface area contributed by atoms with Crippen LogP contribution in [0.25, 0.3) is 0 Å². The van der Waals surface area contributed by atoms with Gasteiger partial charge in [0.05, 0.1) is 12.7 Å². The molecule has 1 fully saturated rings. The molecule has 1 saturated heterocycles. The fourth-order valence-electron chi connectivity index (χ4n) is 2.26. The van der Waals surface area contributed by atoms with Crippen molar-refractivity contribution in [1.29, 1.82) is 0 Å². The number of hydrogen-bond donors (Lipinski definition) is 2. The molecule has 0 aliphatic carbocycles. The van der Waals surface area contributed by atoms with E-state index >= 15 is 0 Å². The third-order valence-electron chi connectivity index (χ3n) is 3.60. The summed E-state index contributed by atoms with van der Waals surface area (Å²) in [5.74, 6) is 0.745. The van der Waals surface area contributed by atoms with Crippen LogP contribution in [0, 0.1) is 0 Å². The lowest BCUT2D eigenvalue weighted by atomic mass is 10.2. The van der Waals surface area contributed by atoms with Crippen LogP contribution < -0.4 is 10.6 Å². The second-order valence-corrected chi connectivity index (χ2v) is 7.30. The number of amides is 1. The van der Waals surface area contributed by atoms with Crippen molar-refractivity contribution in [1.82, 2.24) is 15.5 Å². The topological polar surface area (TPSA) is 84.4 Å². The molecule has 1 aliphatic heterocycles. The minimum Gasteiger partial charge on any atom is -0.444 e. The molecule has 1 rings (SSSR count). The van der Waals surface area contributed by atoms with Crippen LogP contribution in [0.2, 0.25) is 0 Å². The van der Waals surface area contributed by atoms with Gasteiger partial charge in [0.25, 0.3) is 0 Å². The number of nitrogens with zero attached hydrogens (tertiary/aromatic N) is 2. The predicted molar refractivity (Wildman–Crippen MR) is 103 cm³/mol. The number of guanidine groups is 1. The summed E-state index contributed by atoms with van der Waals surface area (Å²) >= 11 is 0. The van der Waals surface area contributed by atoms with E-state index in [-0.39, 0.29) is 12.2 Å². The first-order valence-electron chi connectivity index (χ1n) is 9.47. The van der Waals surface area contributed by atoms with Crippen molar-refractivity contribution in [3.05, 3.63) is 0 Å². The Morgan fingerprint density at radius 3 is 2.73 bits per heavy atom. The molecule has 1 atom stereocenters. The summed E-state index contributed by atoms with van der Waals surface area (Å²) in [6, 6.07) is 0. The monoisotopic (exact) mass is 372 g/mol. The van der Waals surface area contributed by atoms with Gasteiger partial charge in [-0.2, -0.15) is 0 Å². The molecule has 1 unspecified atom stereocenters. The number of carbonyl (C=O) groups is 1. The highest BCUT2D eigenvalue weighted by Crippen LogP contribution is 2.09. The van der Waals surface area contributed by atoms with Crippen LogP contribution in [0.5, 0.6) is 0 Å². The predicted octanol–water partition coefficient (Wildman–Crippen LogP) is 1.60. The largest absolute Gasteiger partial charge is 0.444 e. The molecule has 152 valence electrons. The average Bonchev–Trinajstić information content (AvgIpc) is 3.06. The van der Waals surface area contributed by atoms with E-state index in [0.29, 0.717) is 32.8 Å². The summed E-state index contributed by atoms with van der Waals surface area (Å²) in [6.07, 6.45) is 1.77. The quantitative estimate of drug-likeness (QED) is 0.363. The Hall–Kier alpha value is -1.54. The minimum atomic E-state index is -0.484. The lowest BCUT2D eigenvalue weighted by molar-refractivity contribution is 0.0302. The number of ether oxygens (including phenoxy) is 3. The number of hydrogen-bond acceptors (Lipinski definition) is 5. The van der Waals surface area contributed by atoms with Gasteiger partial charge in [-0.3, -0.25) is 4.99 Å². The van der Waals surface area contributed by atoms with Gasteiger partial charge in [-0.25, -0.2) is 4.79 Å². The summed E-state index contributed by atoms with van der Waals surface area (Å²) in [6.45, 7) is 12.4. The summed E-state index contributed by atoms with van der Waals surface area (Å²) < 4.78 is 16.3. The Labute approximate surface area is 157 Å². The van der Waals surface area contributed by atoms with Crippen molar-refractivity contribution >= 4 is 12.1 Å². The molecular weight excluding hydrogens is 336 g/mol. The van der Waals surface area contributed by atoms with E-state index in [0.717, 1.165) is 32.0 Å². The second-order valence-electron chi connectivity index (χ2n) is 7.30. The summed E-state index contributed by atoms with van der Waals surface area (Å²) in [4.78, 5) is 18.0. The van der Waals surface area contributed by atoms with E-state index in [4.69, 9.17) is 14.2 Å². The molecule has 2 N–H and O–H groups in total. The van der Waals surface area contributed by atoms with Crippen LogP contribution in [0.4, 0.5) is 4.79 Å². The van der Waals surface area contributed by atoms with Gasteiger partial charge in [0, 0.05) is 46.4 Å². The molecule has 1 heterocycles. The molecule has 1 aliphatic rings. The maximum Gasteiger partial charge on any atom is 0.410 e. The highest BCUT2D eigenvalue weighted by molar-refractivity contribution is 5.79. The summed E-state index contributed by atoms with van der Waals surface area (Å²) in [7, 11) is 1.73. The molecule has 0 saturated carbocycles. The first-order chi connectivity index (χ1) is 12.3. The van der Waals surface area contributed by atoms with Crippen molar-refractivity contribution in [3.8, 4) is 0 Å². The Bertz CT molecular complexity index is 431.